The molecule has 1 aliphatic heterocycles. The molecule has 0 bridgehead atoms. The molecule has 0 radical (unpaired) electrons. The molecule has 0 N–H and O–H groups in total. The molecule has 0 atom stereocenters. The zero-order valence-electron chi connectivity index (χ0n) is 17.1. The molecule has 1 aromatic heterocycles. The van der Waals surface area contributed by atoms with E-state index in [1.54, 1.807) is 0 Å². The second kappa shape index (κ2) is 8.52. The lowest BCUT2D eigenvalue weighted by Crippen LogP contribution is -2.30. The van der Waals surface area contributed by atoms with Gasteiger partial charge in [0.05, 0.1) is 11.4 Å². The smallest absolute Gasteiger partial charge is 0.0804 e. The number of hydrogen-bond acceptors (Lipinski definition) is 3. The van der Waals surface area contributed by atoms with Crippen molar-refractivity contribution in [2.75, 3.05) is 26.2 Å². The first-order chi connectivity index (χ1) is 14.4. The summed E-state index contributed by atoms with van der Waals surface area (Å²) in [6.07, 6.45) is 4.83. The number of aromatic nitrogens is 2. The van der Waals surface area contributed by atoms with E-state index in [-0.39, 0.29) is 0 Å². The largest absolute Gasteiger partial charge is 0.298 e. The summed E-state index contributed by atoms with van der Waals surface area (Å²) in [6, 6.07) is 21.5. The molecule has 5 rings (SSSR count). The standard InChI is InChI=1S/C25H30N4/c1-3-9-21(10-4-1)19-27-15-8-16-28(18-17-27)20-24-23-13-7-14-25(23)29(26-24)22-11-5-2-6-12-22/h1-6,9-12H,7-8,13-20H2. The minimum Gasteiger partial charge on any atom is -0.298 e. The predicted molar refractivity (Wildman–Crippen MR) is 117 cm³/mol. The van der Waals surface area contributed by atoms with E-state index >= 15 is 0 Å². The van der Waals surface area contributed by atoms with Gasteiger partial charge in [-0.1, -0.05) is 48.5 Å². The Balaban J connectivity index is 1.27. The van der Waals surface area contributed by atoms with Gasteiger partial charge in [0.25, 0.3) is 0 Å². The molecule has 150 valence electrons. The Kier molecular flexibility index (Phi) is 5.46. The minimum absolute atomic E-state index is 0.987. The highest BCUT2D eigenvalue weighted by Crippen LogP contribution is 2.28. The molecule has 4 heteroatoms. The van der Waals surface area contributed by atoms with Gasteiger partial charge in [-0.2, -0.15) is 5.10 Å². The Bertz CT molecular complexity index is 932. The Morgan fingerprint density at radius 1 is 0.690 bits per heavy atom. The third-order valence-electron chi connectivity index (χ3n) is 6.32. The molecule has 2 aromatic carbocycles. The molecular weight excluding hydrogens is 356 g/mol. The molecule has 2 heterocycles. The van der Waals surface area contributed by atoms with E-state index in [0.29, 0.717) is 0 Å². The van der Waals surface area contributed by atoms with Gasteiger partial charge in [0.15, 0.2) is 0 Å². The van der Waals surface area contributed by atoms with Gasteiger partial charge in [-0.05, 0) is 62.0 Å². The number of para-hydroxylation sites is 1. The summed E-state index contributed by atoms with van der Waals surface area (Å²) in [5, 5.41) is 5.07. The van der Waals surface area contributed by atoms with E-state index in [1.807, 2.05) is 0 Å². The van der Waals surface area contributed by atoms with Crippen molar-refractivity contribution in [3.63, 3.8) is 0 Å². The predicted octanol–water partition coefficient (Wildman–Crippen LogP) is 4.07. The number of nitrogens with zero attached hydrogens (tertiary/aromatic N) is 4. The molecular formula is C25H30N4. The number of hydrogen-bond donors (Lipinski definition) is 0. The van der Waals surface area contributed by atoms with E-state index in [9.17, 15) is 0 Å². The van der Waals surface area contributed by atoms with Crippen molar-refractivity contribution in [2.45, 2.75) is 38.8 Å². The van der Waals surface area contributed by atoms with Crippen LogP contribution in [-0.2, 0) is 25.9 Å². The second-order valence-corrected chi connectivity index (χ2v) is 8.36. The molecule has 29 heavy (non-hydrogen) atoms. The molecule has 0 saturated carbocycles. The molecule has 1 fully saturated rings. The maximum absolute atomic E-state index is 5.07. The van der Waals surface area contributed by atoms with Crippen LogP contribution < -0.4 is 0 Å². The SMILES string of the molecule is c1ccc(CN2CCCN(Cc3nn(-c4ccccc4)c4c3CCC4)CC2)cc1. The van der Waals surface area contributed by atoms with Crippen molar-refractivity contribution < 1.29 is 0 Å². The number of benzene rings is 2. The van der Waals surface area contributed by atoms with E-state index in [4.69, 9.17) is 5.10 Å². The van der Waals surface area contributed by atoms with Crippen LogP contribution in [0.1, 0.15) is 35.4 Å². The van der Waals surface area contributed by atoms with Gasteiger partial charge in [0, 0.05) is 31.9 Å². The van der Waals surface area contributed by atoms with Crippen LogP contribution in [-0.4, -0.2) is 45.8 Å². The van der Waals surface area contributed by atoms with Crippen molar-refractivity contribution in [1.29, 1.82) is 0 Å². The fourth-order valence-electron chi connectivity index (χ4n) is 4.82. The Labute approximate surface area is 173 Å². The van der Waals surface area contributed by atoms with Gasteiger partial charge >= 0.3 is 0 Å². The van der Waals surface area contributed by atoms with Crippen LogP contribution in [0.5, 0.6) is 0 Å². The van der Waals surface area contributed by atoms with Crippen LogP contribution >= 0.6 is 0 Å². The van der Waals surface area contributed by atoms with Gasteiger partial charge < -0.3 is 0 Å². The van der Waals surface area contributed by atoms with Crippen molar-refractivity contribution in [2.24, 2.45) is 0 Å². The summed E-state index contributed by atoms with van der Waals surface area (Å²) >= 11 is 0. The number of rotatable bonds is 5. The van der Waals surface area contributed by atoms with Gasteiger partial charge in [-0.3, -0.25) is 9.80 Å². The lowest BCUT2D eigenvalue weighted by molar-refractivity contribution is 0.245. The lowest BCUT2D eigenvalue weighted by atomic mass is 10.2. The highest BCUT2D eigenvalue weighted by molar-refractivity contribution is 5.39. The van der Waals surface area contributed by atoms with Crippen LogP contribution in [0.25, 0.3) is 5.69 Å². The first kappa shape index (κ1) is 18.6. The maximum atomic E-state index is 5.07. The van der Waals surface area contributed by atoms with Crippen LogP contribution in [0.3, 0.4) is 0 Å². The molecule has 4 nitrogen and oxygen atoms in total. The van der Waals surface area contributed by atoms with Crippen LogP contribution in [0, 0.1) is 0 Å². The van der Waals surface area contributed by atoms with Crippen LogP contribution in [0.15, 0.2) is 60.7 Å². The normalized spacial score (nSPS) is 17.9. The maximum Gasteiger partial charge on any atom is 0.0804 e. The highest BCUT2D eigenvalue weighted by atomic mass is 15.3. The Morgan fingerprint density at radius 3 is 2.14 bits per heavy atom. The fraction of sp³-hybridized carbons (Fsp3) is 0.400. The van der Waals surface area contributed by atoms with Gasteiger partial charge in [-0.25, -0.2) is 4.68 Å². The molecule has 0 spiro atoms. The molecule has 3 aromatic rings. The van der Waals surface area contributed by atoms with Gasteiger partial charge in [0.2, 0.25) is 0 Å². The van der Waals surface area contributed by atoms with Gasteiger partial charge in [0.1, 0.15) is 0 Å². The molecule has 1 saturated heterocycles. The second-order valence-electron chi connectivity index (χ2n) is 8.36. The van der Waals surface area contributed by atoms with E-state index in [2.05, 4.69) is 75.1 Å². The summed E-state index contributed by atoms with van der Waals surface area (Å²) in [5.41, 5.74) is 6.87. The van der Waals surface area contributed by atoms with Crippen molar-refractivity contribution in [3.05, 3.63) is 83.2 Å². The van der Waals surface area contributed by atoms with Crippen LogP contribution in [0.2, 0.25) is 0 Å². The van der Waals surface area contributed by atoms with Crippen LogP contribution in [0.4, 0.5) is 0 Å². The summed E-state index contributed by atoms with van der Waals surface area (Å²) in [7, 11) is 0. The Hall–Kier alpha value is -2.43. The molecule has 1 aliphatic carbocycles. The average molecular weight is 387 g/mol. The fourth-order valence-corrected chi connectivity index (χ4v) is 4.82. The monoisotopic (exact) mass is 386 g/mol. The van der Waals surface area contributed by atoms with Crippen molar-refractivity contribution in [3.8, 4) is 5.69 Å². The highest BCUT2D eigenvalue weighted by Gasteiger charge is 2.25. The van der Waals surface area contributed by atoms with E-state index < -0.39 is 0 Å². The molecule has 0 amide bonds. The topological polar surface area (TPSA) is 24.3 Å². The summed E-state index contributed by atoms with van der Waals surface area (Å²) in [5.74, 6) is 0. The first-order valence-electron chi connectivity index (χ1n) is 11.0. The third-order valence-corrected chi connectivity index (χ3v) is 6.32. The minimum atomic E-state index is 0.987. The summed E-state index contributed by atoms with van der Waals surface area (Å²) < 4.78 is 2.21. The zero-order chi connectivity index (χ0) is 19.5. The molecule has 2 aliphatic rings. The van der Waals surface area contributed by atoms with Crippen molar-refractivity contribution >= 4 is 0 Å². The third kappa shape index (κ3) is 4.14. The van der Waals surface area contributed by atoms with E-state index in [1.165, 1.54) is 54.0 Å². The summed E-state index contributed by atoms with van der Waals surface area (Å²) in [4.78, 5) is 5.21. The first-order valence-corrected chi connectivity index (χ1v) is 11.0. The average Bonchev–Trinajstić information content (AvgIpc) is 3.30. The number of fused-ring (bicyclic) bond motifs is 1. The summed E-state index contributed by atoms with van der Waals surface area (Å²) in [6.45, 7) is 6.66. The van der Waals surface area contributed by atoms with Gasteiger partial charge in [-0.15, -0.1) is 0 Å². The zero-order valence-corrected chi connectivity index (χ0v) is 17.1. The Morgan fingerprint density at radius 2 is 1.38 bits per heavy atom. The lowest BCUT2D eigenvalue weighted by Gasteiger charge is -2.21. The van der Waals surface area contributed by atoms with Crippen molar-refractivity contribution in [1.82, 2.24) is 19.6 Å². The quantitative estimate of drug-likeness (QED) is 0.661. The van der Waals surface area contributed by atoms with E-state index in [0.717, 1.165) is 39.1 Å². The molecule has 0 unspecified atom stereocenters.